The summed E-state index contributed by atoms with van der Waals surface area (Å²) in [5.74, 6) is -1.03. The van der Waals surface area contributed by atoms with Gasteiger partial charge < -0.3 is 5.11 Å². The van der Waals surface area contributed by atoms with Crippen LogP contribution in [0.15, 0.2) is 36.4 Å². The number of rotatable bonds is 3. The highest BCUT2D eigenvalue weighted by Crippen LogP contribution is 2.44. The first-order valence-electron chi connectivity index (χ1n) is 9.79. The molecule has 1 N–H and O–H groups in total. The summed E-state index contributed by atoms with van der Waals surface area (Å²) in [5.41, 5.74) is 3.48. The number of fused-ring (bicyclic) bond motifs is 1. The molecule has 2 aromatic carbocycles. The maximum Gasteiger partial charge on any atom is 0.263 e. The van der Waals surface area contributed by atoms with Crippen LogP contribution in [0.3, 0.4) is 0 Å². The Balaban J connectivity index is 1.65. The van der Waals surface area contributed by atoms with Crippen molar-refractivity contribution in [2.24, 2.45) is 0 Å². The minimum atomic E-state index is -1.28. The Morgan fingerprint density at radius 1 is 1.03 bits per heavy atom. The highest BCUT2D eigenvalue weighted by atomic mass is 35.5. The van der Waals surface area contributed by atoms with Crippen molar-refractivity contribution in [3.8, 4) is 0 Å². The third kappa shape index (κ3) is 3.26. The normalized spacial score (nSPS) is 24.9. The second-order valence-electron chi connectivity index (χ2n) is 8.01. The van der Waals surface area contributed by atoms with Crippen LogP contribution in [0.1, 0.15) is 41.9 Å². The fourth-order valence-electron chi connectivity index (χ4n) is 4.54. The van der Waals surface area contributed by atoms with Gasteiger partial charge in [-0.15, -0.1) is 0 Å². The fraction of sp³-hybridized carbons (Fsp3) is 0.364. The van der Waals surface area contributed by atoms with Crippen molar-refractivity contribution >= 4 is 40.7 Å². The minimum Gasteiger partial charge on any atom is -0.383 e. The lowest BCUT2D eigenvalue weighted by molar-refractivity contribution is -0.124. The number of nitrogens with zero attached hydrogens (tertiary/aromatic N) is 2. The molecule has 1 aliphatic carbocycles. The molecule has 1 saturated carbocycles. The number of benzene rings is 2. The van der Waals surface area contributed by atoms with Gasteiger partial charge >= 0.3 is 0 Å². The van der Waals surface area contributed by atoms with Gasteiger partial charge in [0.25, 0.3) is 5.91 Å². The van der Waals surface area contributed by atoms with E-state index in [4.69, 9.17) is 23.2 Å². The molecule has 3 aliphatic rings. The van der Waals surface area contributed by atoms with Crippen LogP contribution in [0.2, 0.25) is 10.0 Å². The molecule has 5 nitrogen and oxygen atoms in total. The molecule has 2 aromatic rings. The van der Waals surface area contributed by atoms with Crippen molar-refractivity contribution < 1.29 is 14.7 Å². The highest BCUT2D eigenvalue weighted by molar-refractivity contribution is 6.35. The number of anilines is 1. The molecule has 0 spiro atoms. The Hall–Kier alpha value is -1.92. The molecule has 2 atom stereocenters. The van der Waals surface area contributed by atoms with Gasteiger partial charge in [-0.3, -0.25) is 14.5 Å². The van der Waals surface area contributed by atoms with Gasteiger partial charge in [-0.2, -0.15) is 0 Å². The van der Waals surface area contributed by atoms with E-state index in [9.17, 15) is 14.7 Å². The first-order valence-corrected chi connectivity index (χ1v) is 10.5. The largest absolute Gasteiger partial charge is 0.383 e. The van der Waals surface area contributed by atoms with E-state index in [1.807, 2.05) is 18.2 Å². The third-order valence-electron chi connectivity index (χ3n) is 6.09. The zero-order valence-electron chi connectivity index (χ0n) is 15.6. The summed E-state index contributed by atoms with van der Waals surface area (Å²) < 4.78 is 0. The number of imide groups is 1. The number of aliphatic hydroxyl groups is 1. The smallest absolute Gasteiger partial charge is 0.263 e. The molecular formula is C22H20Cl2N2O3. The summed E-state index contributed by atoms with van der Waals surface area (Å²) in [6.07, 6.45) is 0.885. The van der Waals surface area contributed by atoms with Crippen molar-refractivity contribution in [1.82, 2.24) is 4.90 Å². The molecule has 0 bridgehead atoms. The van der Waals surface area contributed by atoms with Crippen LogP contribution in [0.5, 0.6) is 0 Å². The lowest BCUT2D eigenvalue weighted by atomic mass is 9.83. The van der Waals surface area contributed by atoms with Crippen molar-refractivity contribution in [1.29, 1.82) is 0 Å². The van der Waals surface area contributed by atoms with E-state index in [1.165, 1.54) is 12.8 Å². The fourth-order valence-corrected chi connectivity index (χ4v) is 5.11. The molecule has 2 amide bonds. The first kappa shape index (κ1) is 19.1. The molecule has 2 fully saturated rings. The molecule has 29 heavy (non-hydrogen) atoms. The van der Waals surface area contributed by atoms with Crippen LogP contribution in [0.4, 0.5) is 5.69 Å². The predicted octanol–water partition coefficient (Wildman–Crippen LogP) is 3.73. The van der Waals surface area contributed by atoms with Crippen LogP contribution >= 0.6 is 23.2 Å². The van der Waals surface area contributed by atoms with Gasteiger partial charge in [-0.25, -0.2) is 4.90 Å². The van der Waals surface area contributed by atoms with E-state index in [2.05, 4.69) is 4.90 Å². The molecule has 2 aliphatic heterocycles. The Morgan fingerprint density at radius 2 is 1.79 bits per heavy atom. The van der Waals surface area contributed by atoms with Crippen LogP contribution in [-0.4, -0.2) is 40.5 Å². The maximum atomic E-state index is 12.5. The quantitative estimate of drug-likeness (QED) is 0.753. The van der Waals surface area contributed by atoms with Gasteiger partial charge in [0.1, 0.15) is 6.10 Å². The average Bonchev–Trinajstić information content (AvgIpc) is 3.49. The highest BCUT2D eigenvalue weighted by Gasteiger charge is 2.42. The van der Waals surface area contributed by atoms with E-state index in [1.54, 1.807) is 18.2 Å². The second-order valence-corrected chi connectivity index (χ2v) is 8.86. The first-order chi connectivity index (χ1) is 13.9. The van der Waals surface area contributed by atoms with Crippen molar-refractivity contribution in [2.75, 3.05) is 11.4 Å². The summed E-state index contributed by atoms with van der Waals surface area (Å²) >= 11 is 12.9. The average molecular weight is 431 g/mol. The number of carbonyl (C=O) groups is 2. The number of halogens is 2. The summed E-state index contributed by atoms with van der Waals surface area (Å²) in [4.78, 5) is 28.5. The third-order valence-corrected chi connectivity index (χ3v) is 6.64. The van der Waals surface area contributed by atoms with E-state index in [0.717, 1.165) is 34.7 Å². The van der Waals surface area contributed by atoms with E-state index >= 15 is 0 Å². The Labute approximate surface area is 178 Å². The Bertz CT molecular complexity index is 1020. The summed E-state index contributed by atoms with van der Waals surface area (Å²) in [6.45, 7) is 1.54. The standard InChI is InChI=1S/C22H20Cl2N2O3/c23-12-7-15-16(10-25(13-5-6-13)11-17(15)18(24)8-12)14-3-1-2-4-19(14)26-21(28)9-20(27)22(26)29/h1-4,7-8,13,16,20,27H,5-6,9-11H2. The van der Waals surface area contributed by atoms with Crippen molar-refractivity contribution in [2.45, 2.75) is 43.9 Å². The minimum absolute atomic E-state index is 0.0786. The molecule has 1 saturated heterocycles. The molecular weight excluding hydrogens is 411 g/mol. The van der Waals surface area contributed by atoms with Gasteiger partial charge in [0.15, 0.2) is 0 Å². The molecule has 7 heteroatoms. The van der Waals surface area contributed by atoms with Gasteiger partial charge in [-0.1, -0.05) is 41.4 Å². The van der Waals surface area contributed by atoms with E-state index in [-0.39, 0.29) is 18.2 Å². The van der Waals surface area contributed by atoms with E-state index < -0.39 is 12.0 Å². The maximum absolute atomic E-state index is 12.5. The Kier molecular flexibility index (Phi) is 4.67. The lowest BCUT2D eigenvalue weighted by Crippen LogP contribution is -2.37. The molecule has 5 rings (SSSR count). The van der Waals surface area contributed by atoms with Crippen LogP contribution in [-0.2, 0) is 16.1 Å². The van der Waals surface area contributed by atoms with E-state index in [0.29, 0.717) is 21.8 Å². The molecule has 2 heterocycles. The van der Waals surface area contributed by atoms with Crippen LogP contribution in [0.25, 0.3) is 0 Å². The zero-order valence-corrected chi connectivity index (χ0v) is 17.2. The number of para-hydroxylation sites is 1. The SMILES string of the molecule is O=C1CC(O)C(=O)N1c1ccccc1C1CN(C2CC2)Cc2c(Cl)cc(Cl)cc21. The molecule has 0 radical (unpaired) electrons. The monoisotopic (exact) mass is 430 g/mol. The predicted molar refractivity (Wildman–Crippen MR) is 111 cm³/mol. The molecule has 0 aromatic heterocycles. The van der Waals surface area contributed by atoms with Crippen molar-refractivity contribution in [3.63, 3.8) is 0 Å². The number of aliphatic hydroxyl groups excluding tert-OH is 1. The van der Waals surface area contributed by atoms with Crippen molar-refractivity contribution in [3.05, 3.63) is 63.1 Å². The number of amides is 2. The van der Waals surface area contributed by atoms with Gasteiger partial charge in [-0.05, 0) is 47.7 Å². The van der Waals surface area contributed by atoms with Gasteiger partial charge in [0, 0.05) is 35.1 Å². The molecule has 150 valence electrons. The second kappa shape index (κ2) is 7.10. The lowest BCUT2D eigenvalue weighted by Gasteiger charge is -2.37. The number of hydrogen-bond acceptors (Lipinski definition) is 4. The summed E-state index contributed by atoms with van der Waals surface area (Å²) in [6, 6.07) is 11.7. The van der Waals surface area contributed by atoms with Gasteiger partial charge in [0.2, 0.25) is 5.91 Å². The zero-order chi connectivity index (χ0) is 20.3. The Morgan fingerprint density at radius 3 is 2.48 bits per heavy atom. The topological polar surface area (TPSA) is 60.9 Å². The number of carbonyl (C=O) groups excluding carboxylic acids is 2. The summed E-state index contributed by atoms with van der Waals surface area (Å²) in [5, 5.41) is 11.1. The van der Waals surface area contributed by atoms with Gasteiger partial charge in [0.05, 0.1) is 12.1 Å². The van der Waals surface area contributed by atoms with Crippen LogP contribution < -0.4 is 4.90 Å². The number of hydrogen-bond donors (Lipinski definition) is 1. The molecule has 2 unspecified atom stereocenters. The van der Waals surface area contributed by atoms with Crippen LogP contribution in [0, 0.1) is 0 Å². The summed E-state index contributed by atoms with van der Waals surface area (Å²) in [7, 11) is 0.